The van der Waals surface area contributed by atoms with Crippen LogP contribution in [0.25, 0.3) is 0 Å². The van der Waals surface area contributed by atoms with Crippen LogP contribution in [0.1, 0.15) is 61.9 Å². The number of para-hydroxylation sites is 1. The van der Waals surface area contributed by atoms with Gasteiger partial charge in [0.05, 0.1) is 17.1 Å². The standard InChI is InChI=1S/C34H34F2O6S/c1-31-14-12-21(37)16-20(31)8-11-26-25-13-15-33(30(41)43-19-35,32(25,2)18-28(38)34(26,31)36)27-17-23(9-10-24(27)29(39)40)42-22-6-4-3-5-7-22/h3-7,9-10,12,14,16-17,25-26,28,38H,8,11,13,15,18-19H2,1-2H3,(H,39,40)/t25?,26?,28-,31-,32-,33-,34?/m0/s1. The molecule has 6 nitrogen and oxygen atoms in total. The van der Waals surface area contributed by atoms with Crippen LogP contribution in [-0.4, -0.2) is 44.9 Å². The van der Waals surface area contributed by atoms with Gasteiger partial charge in [0.1, 0.15) is 17.5 Å². The topological polar surface area (TPSA) is 101 Å². The molecule has 7 atom stereocenters. The lowest BCUT2D eigenvalue weighted by atomic mass is 9.43. The van der Waals surface area contributed by atoms with E-state index >= 15 is 4.39 Å². The Balaban J connectivity index is 1.51. The average Bonchev–Trinajstić information content (AvgIpc) is 3.27. The number of hydrogen-bond donors (Lipinski definition) is 2. The first-order valence-electron chi connectivity index (χ1n) is 14.6. The number of alkyl halides is 2. The number of halogens is 2. The molecule has 226 valence electrons. The Kier molecular flexibility index (Phi) is 7.20. The van der Waals surface area contributed by atoms with Crippen molar-refractivity contribution in [3.8, 4) is 11.5 Å². The van der Waals surface area contributed by atoms with Crippen LogP contribution in [0.4, 0.5) is 8.78 Å². The van der Waals surface area contributed by atoms with E-state index in [2.05, 4.69) is 0 Å². The van der Waals surface area contributed by atoms with E-state index in [1.165, 1.54) is 24.3 Å². The third-order valence-corrected chi connectivity index (χ3v) is 11.8. The Bertz CT molecular complexity index is 1560. The van der Waals surface area contributed by atoms with E-state index in [1.807, 2.05) is 13.0 Å². The van der Waals surface area contributed by atoms with E-state index < -0.39 is 56.9 Å². The van der Waals surface area contributed by atoms with Gasteiger partial charge in [-0.05, 0) is 98.4 Å². The molecule has 0 saturated heterocycles. The summed E-state index contributed by atoms with van der Waals surface area (Å²) in [5.74, 6) is -1.74. The van der Waals surface area contributed by atoms with Gasteiger partial charge in [0.15, 0.2) is 11.5 Å². The van der Waals surface area contributed by atoms with Crippen LogP contribution >= 0.6 is 11.8 Å². The molecule has 3 unspecified atom stereocenters. The number of benzene rings is 2. The first-order chi connectivity index (χ1) is 20.4. The Morgan fingerprint density at radius 2 is 1.81 bits per heavy atom. The van der Waals surface area contributed by atoms with Crippen LogP contribution in [-0.2, 0) is 15.0 Å². The number of aliphatic hydroxyl groups is 1. The molecule has 4 aliphatic rings. The molecule has 0 aliphatic heterocycles. The number of fused-ring (bicyclic) bond motifs is 5. The second-order valence-electron chi connectivity index (χ2n) is 12.7. The minimum absolute atomic E-state index is 0.115. The van der Waals surface area contributed by atoms with Crippen molar-refractivity contribution in [2.24, 2.45) is 22.7 Å². The highest BCUT2D eigenvalue weighted by atomic mass is 32.2. The van der Waals surface area contributed by atoms with Crippen molar-refractivity contribution in [2.75, 3.05) is 6.01 Å². The first kappa shape index (κ1) is 29.8. The number of thioether (sulfide) groups is 1. The molecule has 0 amide bonds. The van der Waals surface area contributed by atoms with Crippen molar-refractivity contribution in [1.29, 1.82) is 0 Å². The Morgan fingerprint density at radius 1 is 1.07 bits per heavy atom. The fraction of sp³-hybridized carbons (Fsp3) is 0.441. The Labute approximate surface area is 253 Å². The van der Waals surface area contributed by atoms with E-state index in [9.17, 15) is 29.0 Å². The molecule has 3 fully saturated rings. The van der Waals surface area contributed by atoms with Gasteiger partial charge in [-0.1, -0.05) is 48.5 Å². The third kappa shape index (κ3) is 4.10. The van der Waals surface area contributed by atoms with Crippen LogP contribution < -0.4 is 4.74 Å². The molecule has 3 saturated carbocycles. The molecule has 0 spiro atoms. The van der Waals surface area contributed by atoms with Crippen molar-refractivity contribution in [3.63, 3.8) is 0 Å². The highest BCUT2D eigenvalue weighted by Crippen LogP contribution is 2.72. The lowest BCUT2D eigenvalue weighted by Gasteiger charge is -2.63. The summed E-state index contributed by atoms with van der Waals surface area (Å²) in [5.41, 5.74) is -5.23. The molecular formula is C34H34F2O6S. The summed E-state index contributed by atoms with van der Waals surface area (Å²) in [6.07, 6.45) is 4.10. The summed E-state index contributed by atoms with van der Waals surface area (Å²) >= 11 is 0.482. The van der Waals surface area contributed by atoms with Crippen molar-refractivity contribution >= 4 is 28.6 Å². The largest absolute Gasteiger partial charge is 0.478 e. The van der Waals surface area contributed by atoms with Gasteiger partial charge in [-0.2, -0.15) is 0 Å². The van der Waals surface area contributed by atoms with Gasteiger partial charge < -0.3 is 14.9 Å². The van der Waals surface area contributed by atoms with Crippen LogP contribution in [0.15, 0.2) is 72.3 Å². The Hall–Kier alpha value is -3.30. The van der Waals surface area contributed by atoms with E-state index in [4.69, 9.17) is 4.74 Å². The summed E-state index contributed by atoms with van der Waals surface area (Å²) in [6, 6.07) is 12.4. The number of carboxylic acids is 1. The fourth-order valence-electron chi connectivity index (χ4n) is 9.05. The number of allylic oxidation sites excluding steroid dienone is 4. The molecule has 2 N–H and O–H groups in total. The van der Waals surface area contributed by atoms with Gasteiger partial charge >= 0.3 is 5.97 Å². The van der Waals surface area contributed by atoms with E-state index in [0.717, 1.165) is 0 Å². The quantitative estimate of drug-likeness (QED) is 0.365. The monoisotopic (exact) mass is 608 g/mol. The zero-order chi connectivity index (χ0) is 30.8. The van der Waals surface area contributed by atoms with E-state index in [0.29, 0.717) is 48.1 Å². The van der Waals surface area contributed by atoms with Crippen molar-refractivity contribution < 1.29 is 38.1 Å². The van der Waals surface area contributed by atoms with Gasteiger partial charge in [0.25, 0.3) is 0 Å². The minimum atomic E-state index is -2.11. The minimum Gasteiger partial charge on any atom is -0.478 e. The molecule has 0 radical (unpaired) electrons. The predicted octanol–water partition coefficient (Wildman–Crippen LogP) is 6.97. The van der Waals surface area contributed by atoms with Gasteiger partial charge in [0, 0.05) is 11.3 Å². The van der Waals surface area contributed by atoms with Gasteiger partial charge in [-0.3, -0.25) is 9.59 Å². The molecule has 0 heterocycles. The molecule has 0 bridgehead atoms. The fourth-order valence-corrected chi connectivity index (χ4v) is 9.84. The van der Waals surface area contributed by atoms with E-state index in [-0.39, 0.29) is 29.8 Å². The molecule has 2 aromatic rings. The van der Waals surface area contributed by atoms with Crippen molar-refractivity contribution in [3.05, 3.63) is 83.5 Å². The molecule has 9 heteroatoms. The summed E-state index contributed by atoms with van der Waals surface area (Å²) in [6.45, 7) is 3.55. The maximum Gasteiger partial charge on any atom is 0.336 e. The van der Waals surface area contributed by atoms with Crippen molar-refractivity contribution in [2.45, 2.75) is 63.1 Å². The highest BCUT2D eigenvalue weighted by molar-refractivity contribution is 8.13. The second-order valence-corrected chi connectivity index (χ2v) is 13.6. The molecule has 4 aliphatic carbocycles. The van der Waals surface area contributed by atoms with E-state index in [1.54, 1.807) is 43.3 Å². The SMILES string of the molecule is C[C@]12C=CC(=O)C=C1CCC1C3CC[C@@](C(=O)SCF)(c4cc(Oc5ccccc5)ccc4C(=O)O)[C@@]3(C)C[C@H](O)C12F. The average molecular weight is 609 g/mol. The second kappa shape index (κ2) is 10.4. The van der Waals surface area contributed by atoms with Gasteiger partial charge in [0.2, 0.25) is 5.12 Å². The van der Waals surface area contributed by atoms with Crippen LogP contribution in [0, 0.1) is 22.7 Å². The summed E-state index contributed by atoms with van der Waals surface area (Å²) in [4.78, 5) is 39.0. The molecule has 2 aromatic carbocycles. The van der Waals surface area contributed by atoms with Crippen LogP contribution in [0.2, 0.25) is 0 Å². The van der Waals surface area contributed by atoms with Gasteiger partial charge in [-0.25, -0.2) is 13.6 Å². The Morgan fingerprint density at radius 3 is 2.51 bits per heavy atom. The maximum atomic E-state index is 17.7. The van der Waals surface area contributed by atoms with Crippen LogP contribution in [0.5, 0.6) is 11.5 Å². The zero-order valence-corrected chi connectivity index (χ0v) is 24.8. The smallest absolute Gasteiger partial charge is 0.336 e. The number of rotatable bonds is 6. The summed E-state index contributed by atoms with van der Waals surface area (Å²) < 4.78 is 37.6. The maximum absolute atomic E-state index is 17.7. The summed E-state index contributed by atoms with van der Waals surface area (Å²) in [5, 5.41) is 21.6. The summed E-state index contributed by atoms with van der Waals surface area (Å²) in [7, 11) is 0. The lowest BCUT2D eigenvalue weighted by Crippen LogP contribution is -2.68. The number of ether oxygens (including phenoxy) is 1. The molecule has 0 aromatic heterocycles. The predicted molar refractivity (Wildman–Crippen MR) is 159 cm³/mol. The number of ketones is 1. The first-order valence-corrected chi connectivity index (χ1v) is 15.6. The van der Waals surface area contributed by atoms with Crippen LogP contribution in [0.3, 0.4) is 0 Å². The molecular weight excluding hydrogens is 574 g/mol. The molecule has 43 heavy (non-hydrogen) atoms. The number of aromatic carboxylic acids is 1. The highest BCUT2D eigenvalue weighted by Gasteiger charge is 2.74. The normalized spacial score (nSPS) is 36.3. The number of carboxylic acid groups (broad SMARTS) is 1. The van der Waals surface area contributed by atoms with Crippen molar-refractivity contribution in [1.82, 2.24) is 0 Å². The third-order valence-electron chi connectivity index (χ3n) is 11.0. The number of carbonyl (C=O) groups is 3. The zero-order valence-electron chi connectivity index (χ0n) is 24.0. The van der Waals surface area contributed by atoms with Gasteiger partial charge in [-0.15, -0.1) is 0 Å². The molecule has 6 rings (SSSR count). The number of hydrogen-bond acceptors (Lipinski definition) is 6. The lowest BCUT2D eigenvalue weighted by molar-refractivity contribution is -0.197. The number of aliphatic hydroxyl groups excluding tert-OH is 1. The number of carbonyl (C=O) groups excluding carboxylic acids is 2.